The number of hydrogen-bond donors (Lipinski definition) is 1. The van der Waals surface area contributed by atoms with Gasteiger partial charge in [0, 0.05) is 43.5 Å². The Morgan fingerprint density at radius 3 is 2.84 bits per heavy atom. The first-order chi connectivity index (χ1) is 12.1. The number of rotatable bonds is 3. The van der Waals surface area contributed by atoms with Crippen molar-refractivity contribution in [3.8, 4) is 11.8 Å². The summed E-state index contributed by atoms with van der Waals surface area (Å²) in [5.41, 5.74) is 2.20. The molecule has 1 aliphatic rings. The zero-order valence-electron chi connectivity index (χ0n) is 14.1. The number of nitriles is 1. The molecule has 6 nitrogen and oxygen atoms in total. The van der Waals surface area contributed by atoms with Crippen LogP contribution in [-0.2, 0) is 0 Å². The van der Waals surface area contributed by atoms with Crippen molar-refractivity contribution < 1.29 is 9.53 Å². The Morgan fingerprint density at radius 2 is 2.12 bits per heavy atom. The van der Waals surface area contributed by atoms with E-state index in [0.717, 1.165) is 24.2 Å². The maximum absolute atomic E-state index is 12.3. The molecule has 1 N–H and O–H groups in total. The number of nitrogens with one attached hydrogen (secondary N) is 1. The van der Waals surface area contributed by atoms with Crippen LogP contribution in [0.2, 0.25) is 0 Å². The minimum absolute atomic E-state index is 0.0566. The molecule has 0 unspecified atom stereocenters. The van der Waals surface area contributed by atoms with Crippen LogP contribution in [-0.4, -0.2) is 35.1 Å². The Bertz CT molecular complexity index is 792. The van der Waals surface area contributed by atoms with E-state index in [2.05, 4.69) is 16.4 Å². The summed E-state index contributed by atoms with van der Waals surface area (Å²) in [6.45, 7) is 3.16. The van der Waals surface area contributed by atoms with Crippen LogP contribution in [0.25, 0.3) is 0 Å². The number of anilines is 1. The summed E-state index contributed by atoms with van der Waals surface area (Å²) >= 11 is 0. The van der Waals surface area contributed by atoms with Gasteiger partial charge in [-0.25, -0.2) is 4.79 Å². The summed E-state index contributed by atoms with van der Waals surface area (Å²) < 4.78 is 5.94. The minimum atomic E-state index is -0.101. The highest BCUT2D eigenvalue weighted by atomic mass is 16.5. The molecule has 128 valence electrons. The molecule has 1 saturated heterocycles. The van der Waals surface area contributed by atoms with Crippen molar-refractivity contribution in [2.45, 2.75) is 25.9 Å². The Labute approximate surface area is 147 Å². The number of amides is 2. The number of pyridine rings is 1. The fraction of sp³-hybridized carbons (Fsp3) is 0.316. The SMILES string of the molecule is Cc1cc(NC(=O)N2CCC(Oc3cccc(C#N)c3)CC2)ccn1. The molecule has 6 heteroatoms. The van der Waals surface area contributed by atoms with Gasteiger partial charge < -0.3 is 15.0 Å². The quantitative estimate of drug-likeness (QED) is 0.932. The lowest BCUT2D eigenvalue weighted by Gasteiger charge is -2.32. The molecule has 25 heavy (non-hydrogen) atoms. The number of nitrogens with zero attached hydrogens (tertiary/aromatic N) is 3. The number of aryl methyl sites for hydroxylation is 1. The molecule has 1 aromatic carbocycles. The van der Waals surface area contributed by atoms with Crippen LogP contribution in [0.3, 0.4) is 0 Å². The monoisotopic (exact) mass is 336 g/mol. The van der Waals surface area contributed by atoms with E-state index in [4.69, 9.17) is 10.00 Å². The van der Waals surface area contributed by atoms with Gasteiger partial charge in [0.2, 0.25) is 0 Å². The molecule has 0 spiro atoms. The predicted molar refractivity (Wildman–Crippen MR) is 94.4 cm³/mol. The number of carbonyl (C=O) groups is 1. The Morgan fingerprint density at radius 1 is 1.32 bits per heavy atom. The van der Waals surface area contributed by atoms with Gasteiger partial charge in [0.15, 0.2) is 0 Å². The van der Waals surface area contributed by atoms with Crippen molar-refractivity contribution in [3.63, 3.8) is 0 Å². The first-order valence-electron chi connectivity index (χ1n) is 8.29. The zero-order valence-corrected chi connectivity index (χ0v) is 14.1. The molecule has 0 atom stereocenters. The zero-order chi connectivity index (χ0) is 17.6. The van der Waals surface area contributed by atoms with Gasteiger partial charge in [0.25, 0.3) is 0 Å². The number of likely N-dealkylation sites (tertiary alicyclic amines) is 1. The molecule has 2 aromatic rings. The van der Waals surface area contributed by atoms with Gasteiger partial charge >= 0.3 is 6.03 Å². The smallest absolute Gasteiger partial charge is 0.321 e. The molecule has 0 bridgehead atoms. The molecule has 2 heterocycles. The van der Waals surface area contributed by atoms with E-state index in [9.17, 15) is 4.79 Å². The summed E-state index contributed by atoms with van der Waals surface area (Å²) in [7, 11) is 0. The second kappa shape index (κ2) is 7.67. The number of carbonyl (C=O) groups excluding carboxylic acids is 1. The number of piperidine rings is 1. The normalized spacial score (nSPS) is 14.6. The summed E-state index contributed by atoms with van der Waals surface area (Å²) in [5.74, 6) is 0.703. The van der Waals surface area contributed by atoms with Crippen LogP contribution in [0.15, 0.2) is 42.6 Å². The average Bonchev–Trinajstić information content (AvgIpc) is 2.62. The van der Waals surface area contributed by atoms with Crippen LogP contribution < -0.4 is 10.1 Å². The molecule has 1 aliphatic heterocycles. The highest BCUT2D eigenvalue weighted by Gasteiger charge is 2.24. The predicted octanol–water partition coefficient (Wildman–Crippen LogP) is 3.34. The number of benzene rings is 1. The Kier molecular flexibility index (Phi) is 5.14. The van der Waals surface area contributed by atoms with Crippen molar-refractivity contribution in [1.29, 1.82) is 5.26 Å². The fourth-order valence-corrected chi connectivity index (χ4v) is 2.83. The first-order valence-corrected chi connectivity index (χ1v) is 8.29. The lowest BCUT2D eigenvalue weighted by Crippen LogP contribution is -2.43. The van der Waals surface area contributed by atoms with E-state index in [-0.39, 0.29) is 12.1 Å². The van der Waals surface area contributed by atoms with Crippen molar-refractivity contribution in [2.24, 2.45) is 0 Å². The topological polar surface area (TPSA) is 78.3 Å². The second-order valence-electron chi connectivity index (χ2n) is 6.06. The van der Waals surface area contributed by atoms with Gasteiger partial charge in [-0.2, -0.15) is 5.26 Å². The van der Waals surface area contributed by atoms with Crippen molar-refractivity contribution >= 4 is 11.7 Å². The average molecular weight is 336 g/mol. The molecule has 0 saturated carbocycles. The molecular weight excluding hydrogens is 316 g/mol. The van der Waals surface area contributed by atoms with Crippen LogP contribution in [0.4, 0.5) is 10.5 Å². The van der Waals surface area contributed by atoms with Crippen molar-refractivity contribution in [1.82, 2.24) is 9.88 Å². The Balaban J connectivity index is 1.51. The van der Waals surface area contributed by atoms with E-state index in [1.54, 1.807) is 29.3 Å². The van der Waals surface area contributed by atoms with Gasteiger partial charge in [-0.15, -0.1) is 0 Å². The Hall–Kier alpha value is -3.07. The highest BCUT2D eigenvalue weighted by molar-refractivity contribution is 5.89. The molecule has 0 aliphatic carbocycles. The largest absolute Gasteiger partial charge is 0.490 e. The van der Waals surface area contributed by atoms with Gasteiger partial charge in [-0.05, 0) is 37.3 Å². The standard InChI is InChI=1S/C19H20N4O2/c1-14-11-16(5-8-21-14)22-19(24)23-9-6-17(7-10-23)25-18-4-2-3-15(12-18)13-20/h2-5,8,11-12,17H,6-7,9-10H2,1H3,(H,21,22,24). The lowest BCUT2D eigenvalue weighted by molar-refractivity contribution is 0.115. The third-order valence-corrected chi connectivity index (χ3v) is 4.14. The molecule has 2 amide bonds. The number of ether oxygens (including phenoxy) is 1. The number of urea groups is 1. The maximum atomic E-state index is 12.3. The summed E-state index contributed by atoms with van der Waals surface area (Å²) in [6, 6.07) is 12.8. The van der Waals surface area contributed by atoms with E-state index in [0.29, 0.717) is 24.4 Å². The fourth-order valence-electron chi connectivity index (χ4n) is 2.83. The van der Waals surface area contributed by atoms with Crippen molar-refractivity contribution in [2.75, 3.05) is 18.4 Å². The van der Waals surface area contributed by atoms with E-state index in [1.807, 2.05) is 25.1 Å². The molecule has 3 rings (SSSR count). The van der Waals surface area contributed by atoms with E-state index < -0.39 is 0 Å². The molecule has 1 fully saturated rings. The molecule has 1 aromatic heterocycles. The summed E-state index contributed by atoms with van der Waals surface area (Å²) in [6.07, 6.45) is 3.26. The third-order valence-electron chi connectivity index (χ3n) is 4.14. The molecular formula is C19H20N4O2. The summed E-state index contributed by atoms with van der Waals surface area (Å²) in [5, 5.41) is 11.8. The lowest BCUT2D eigenvalue weighted by atomic mass is 10.1. The van der Waals surface area contributed by atoms with Crippen LogP contribution >= 0.6 is 0 Å². The van der Waals surface area contributed by atoms with Crippen LogP contribution in [0.5, 0.6) is 5.75 Å². The van der Waals surface area contributed by atoms with Gasteiger partial charge in [0.05, 0.1) is 11.6 Å². The highest BCUT2D eigenvalue weighted by Crippen LogP contribution is 2.20. The maximum Gasteiger partial charge on any atom is 0.321 e. The molecule has 0 radical (unpaired) electrons. The minimum Gasteiger partial charge on any atom is -0.490 e. The van der Waals surface area contributed by atoms with E-state index >= 15 is 0 Å². The van der Waals surface area contributed by atoms with Crippen LogP contribution in [0.1, 0.15) is 24.1 Å². The van der Waals surface area contributed by atoms with Crippen molar-refractivity contribution in [3.05, 3.63) is 53.9 Å². The first kappa shape index (κ1) is 16.8. The van der Waals surface area contributed by atoms with Gasteiger partial charge in [0.1, 0.15) is 11.9 Å². The van der Waals surface area contributed by atoms with Gasteiger partial charge in [-0.1, -0.05) is 6.07 Å². The van der Waals surface area contributed by atoms with Gasteiger partial charge in [-0.3, -0.25) is 4.98 Å². The van der Waals surface area contributed by atoms with E-state index in [1.165, 1.54) is 0 Å². The number of aromatic nitrogens is 1. The third kappa shape index (κ3) is 4.48. The number of hydrogen-bond acceptors (Lipinski definition) is 4. The van der Waals surface area contributed by atoms with Crippen LogP contribution in [0, 0.1) is 18.3 Å². The summed E-state index contributed by atoms with van der Waals surface area (Å²) in [4.78, 5) is 18.3. The second-order valence-corrected chi connectivity index (χ2v) is 6.06.